The summed E-state index contributed by atoms with van der Waals surface area (Å²) in [5.74, 6) is -0.00438. The molecule has 0 aromatic heterocycles. The highest BCUT2D eigenvalue weighted by atomic mass is 19.1. The summed E-state index contributed by atoms with van der Waals surface area (Å²) in [5.41, 5.74) is 2.60. The lowest BCUT2D eigenvalue weighted by atomic mass is 9.91. The molecule has 6 heteroatoms. The van der Waals surface area contributed by atoms with Gasteiger partial charge in [0.2, 0.25) is 0 Å². The largest absolute Gasteiger partial charge is 0.490 e. The first kappa shape index (κ1) is 23.8. The zero-order valence-electron chi connectivity index (χ0n) is 19.3. The molecule has 0 radical (unpaired) electrons. The minimum absolute atomic E-state index is 0.348. The molecule has 1 fully saturated rings. The van der Waals surface area contributed by atoms with Gasteiger partial charge in [0.05, 0.1) is 12.6 Å². The summed E-state index contributed by atoms with van der Waals surface area (Å²) in [6.07, 6.45) is 2.32. The normalized spacial score (nSPS) is 17.2. The van der Waals surface area contributed by atoms with Gasteiger partial charge in [-0.3, -0.25) is 9.69 Å². The Kier molecular flexibility index (Phi) is 7.80. The van der Waals surface area contributed by atoms with Gasteiger partial charge in [-0.15, -0.1) is 0 Å². The van der Waals surface area contributed by atoms with Crippen molar-refractivity contribution >= 4 is 5.97 Å². The van der Waals surface area contributed by atoms with Gasteiger partial charge in [-0.2, -0.15) is 0 Å². The maximum Gasteiger partial charge on any atom is 0.320 e. The van der Waals surface area contributed by atoms with Crippen LogP contribution in [-0.4, -0.2) is 35.2 Å². The molecule has 0 saturated carbocycles. The van der Waals surface area contributed by atoms with Gasteiger partial charge in [-0.05, 0) is 67.3 Å². The fourth-order valence-corrected chi connectivity index (χ4v) is 4.60. The molecule has 1 aliphatic rings. The number of rotatable bonds is 9. The highest BCUT2D eigenvalue weighted by molar-refractivity contribution is 5.73. The molecule has 1 aliphatic heterocycles. The molecule has 3 aromatic rings. The monoisotopic (exact) mass is 463 g/mol. The van der Waals surface area contributed by atoms with Crippen LogP contribution in [-0.2, 0) is 11.4 Å². The topological polar surface area (TPSA) is 59.0 Å². The average Bonchev–Trinajstić information content (AvgIpc) is 2.85. The fraction of sp³-hybridized carbons (Fsp3) is 0.321. The summed E-state index contributed by atoms with van der Waals surface area (Å²) in [6.45, 7) is 3.38. The van der Waals surface area contributed by atoms with Crippen molar-refractivity contribution in [3.63, 3.8) is 0 Å². The van der Waals surface area contributed by atoms with E-state index in [1.807, 2.05) is 66.4 Å². The van der Waals surface area contributed by atoms with Crippen LogP contribution in [0.15, 0.2) is 72.8 Å². The van der Waals surface area contributed by atoms with Crippen molar-refractivity contribution in [1.29, 1.82) is 0 Å². The third-order valence-corrected chi connectivity index (χ3v) is 6.15. The number of benzene rings is 3. The molecule has 0 aliphatic carbocycles. The lowest BCUT2D eigenvalue weighted by molar-refractivity contribution is -0.145. The van der Waals surface area contributed by atoms with Gasteiger partial charge in [0.25, 0.3) is 0 Å². The second-order valence-corrected chi connectivity index (χ2v) is 8.46. The number of carboxylic acids is 1. The first-order valence-electron chi connectivity index (χ1n) is 11.7. The average molecular weight is 464 g/mol. The lowest BCUT2D eigenvalue weighted by Crippen LogP contribution is -2.46. The maximum atomic E-state index is 14.2. The van der Waals surface area contributed by atoms with Gasteiger partial charge in [-0.25, -0.2) is 4.39 Å². The van der Waals surface area contributed by atoms with E-state index in [2.05, 4.69) is 0 Å². The standard InChI is InChI=1S/C28H30FNO4/c1-2-33-26-18-22(14-15-25(26)34-19-20-9-4-3-5-10-20)27(21-11-8-12-23(29)17-21)30-16-7-6-13-24(30)28(31)32/h3-5,8-12,14-15,17-18,24,27H,2,6-7,13,16,19H2,1H3,(H,31,32). The number of carbonyl (C=O) groups is 1. The van der Waals surface area contributed by atoms with Crippen molar-refractivity contribution < 1.29 is 23.8 Å². The Labute approximate surface area is 199 Å². The number of halogens is 1. The quantitative estimate of drug-likeness (QED) is 0.433. The highest BCUT2D eigenvalue weighted by Crippen LogP contribution is 2.38. The Morgan fingerprint density at radius 2 is 1.79 bits per heavy atom. The molecule has 1 saturated heterocycles. The first-order valence-corrected chi connectivity index (χ1v) is 11.7. The zero-order valence-corrected chi connectivity index (χ0v) is 19.3. The molecule has 3 aromatic carbocycles. The summed E-state index contributed by atoms with van der Waals surface area (Å²) in [6, 6.07) is 20.9. The molecule has 34 heavy (non-hydrogen) atoms. The van der Waals surface area contributed by atoms with E-state index in [1.165, 1.54) is 12.1 Å². The molecule has 1 heterocycles. The third-order valence-electron chi connectivity index (χ3n) is 6.15. The summed E-state index contributed by atoms with van der Waals surface area (Å²) >= 11 is 0. The van der Waals surface area contributed by atoms with Crippen molar-refractivity contribution in [2.24, 2.45) is 0 Å². The SMILES string of the molecule is CCOc1cc(C(c2cccc(F)c2)N2CCCCC2C(=O)O)ccc1OCc1ccccc1. The Hall–Kier alpha value is -3.38. The van der Waals surface area contributed by atoms with Crippen molar-refractivity contribution in [2.45, 2.75) is 44.9 Å². The number of ether oxygens (including phenoxy) is 2. The van der Waals surface area contributed by atoms with E-state index in [0.29, 0.717) is 43.2 Å². The van der Waals surface area contributed by atoms with Crippen LogP contribution in [0.5, 0.6) is 11.5 Å². The van der Waals surface area contributed by atoms with E-state index >= 15 is 0 Å². The number of carboxylic acid groups (broad SMARTS) is 1. The van der Waals surface area contributed by atoms with Crippen LogP contribution in [0.2, 0.25) is 0 Å². The molecule has 0 spiro atoms. The lowest BCUT2D eigenvalue weighted by Gasteiger charge is -2.39. The number of hydrogen-bond donors (Lipinski definition) is 1. The van der Waals surface area contributed by atoms with E-state index in [1.54, 1.807) is 6.07 Å². The Bertz CT molecular complexity index is 1100. The third kappa shape index (κ3) is 5.57. The van der Waals surface area contributed by atoms with Gasteiger partial charge >= 0.3 is 5.97 Å². The van der Waals surface area contributed by atoms with Crippen molar-refractivity contribution in [3.05, 3.63) is 95.3 Å². The van der Waals surface area contributed by atoms with Crippen LogP contribution < -0.4 is 9.47 Å². The molecule has 0 bridgehead atoms. The zero-order chi connectivity index (χ0) is 23.9. The summed E-state index contributed by atoms with van der Waals surface area (Å²) in [4.78, 5) is 14.1. The van der Waals surface area contributed by atoms with E-state index in [9.17, 15) is 14.3 Å². The Balaban J connectivity index is 1.71. The number of piperidine rings is 1. The van der Waals surface area contributed by atoms with Gasteiger partial charge in [0.1, 0.15) is 18.5 Å². The summed E-state index contributed by atoms with van der Waals surface area (Å²) in [7, 11) is 0. The molecular formula is C28H30FNO4. The minimum atomic E-state index is -0.853. The Morgan fingerprint density at radius 3 is 2.53 bits per heavy atom. The number of aliphatic carboxylic acids is 1. The van der Waals surface area contributed by atoms with Crippen LogP contribution in [0.4, 0.5) is 4.39 Å². The number of likely N-dealkylation sites (tertiary alicyclic amines) is 1. The fourth-order valence-electron chi connectivity index (χ4n) is 4.60. The summed E-state index contributed by atoms with van der Waals surface area (Å²) in [5, 5.41) is 9.91. The van der Waals surface area contributed by atoms with Crippen LogP contribution in [0.25, 0.3) is 0 Å². The first-order chi connectivity index (χ1) is 16.6. The second-order valence-electron chi connectivity index (χ2n) is 8.46. The van der Waals surface area contributed by atoms with Gasteiger partial charge in [0, 0.05) is 0 Å². The minimum Gasteiger partial charge on any atom is -0.490 e. The smallest absolute Gasteiger partial charge is 0.320 e. The van der Waals surface area contributed by atoms with Crippen LogP contribution in [0.1, 0.15) is 48.9 Å². The van der Waals surface area contributed by atoms with E-state index in [0.717, 1.165) is 24.0 Å². The van der Waals surface area contributed by atoms with Crippen LogP contribution >= 0.6 is 0 Å². The maximum absolute atomic E-state index is 14.2. The molecule has 5 nitrogen and oxygen atoms in total. The molecule has 0 amide bonds. The second kappa shape index (κ2) is 11.2. The van der Waals surface area contributed by atoms with Crippen molar-refractivity contribution in [3.8, 4) is 11.5 Å². The molecule has 2 atom stereocenters. The van der Waals surface area contributed by atoms with Crippen LogP contribution in [0, 0.1) is 5.82 Å². The number of nitrogens with zero attached hydrogens (tertiary/aromatic N) is 1. The van der Waals surface area contributed by atoms with Crippen molar-refractivity contribution in [1.82, 2.24) is 4.90 Å². The predicted molar refractivity (Wildman–Crippen MR) is 129 cm³/mol. The molecule has 178 valence electrons. The van der Waals surface area contributed by atoms with Gasteiger partial charge < -0.3 is 14.6 Å². The Morgan fingerprint density at radius 1 is 1.00 bits per heavy atom. The van der Waals surface area contributed by atoms with E-state index in [-0.39, 0.29) is 5.82 Å². The van der Waals surface area contributed by atoms with Gasteiger partial charge in [-0.1, -0.05) is 55.0 Å². The van der Waals surface area contributed by atoms with Crippen molar-refractivity contribution in [2.75, 3.05) is 13.2 Å². The van der Waals surface area contributed by atoms with E-state index in [4.69, 9.17) is 9.47 Å². The van der Waals surface area contributed by atoms with Gasteiger partial charge in [0.15, 0.2) is 11.5 Å². The molecule has 4 rings (SSSR count). The molecular weight excluding hydrogens is 433 g/mol. The molecule has 2 unspecified atom stereocenters. The predicted octanol–water partition coefficient (Wildman–Crippen LogP) is 5.83. The van der Waals surface area contributed by atoms with E-state index < -0.39 is 18.1 Å². The summed E-state index contributed by atoms with van der Waals surface area (Å²) < 4.78 is 26.2. The highest BCUT2D eigenvalue weighted by Gasteiger charge is 2.35. The number of hydrogen-bond acceptors (Lipinski definition) is 4. The van der Waals surface area contributed by atoms with Crippen LogP contribution in [0.3, 0.4) is 0 Å². The molecule has 1 N–H and O–H groups in total.